The average molecular weight is 359 g/mol. The SMILES string of the molecule is C[C@@H]1CN(c2ccc(CNC(=O)C3(C#N)CCCC3)cc2F)C[C@H](C)O1. The maximum absolute atomic E-state index is 14.6. The molecule has 0 spiro atoms. The van der Waals surface area contributed by atoms with Crippen molar-refractivity contribution in [2.45, 2.75) is 58.3 Å². The Hall–Kier alpha value is -2.13. The van der Waals surface area contributed by atoms with Crippen molar-refractivity contribution < 1.29 is 13.9 Å². The number of benzene rings is 1. The van der Waals surface area contributed by atoms with Gasteiger partial charge in [-0.05, 0) is 44.4 Å². The summed E-state index contributed by atoms with van der Waals surface area (Å²) < 4.78 is 20.3. The number of rotatable bonds is 4. The Balaban J connectivity index is 1.64. The van der Waals surface area contributed by atoms with Crippen molar-refractivity contribution in [2.24, 2.45) is 5.41 Å². The topological polar surface area (TPSA) is 65.4 Å². The number of carbonyl (C=O) groups is 1. The number of halogens is 1. The van der Waals surface area contributed by atoms with E-state index in [0.29, 0.717) is 37.2 Å². The monoisotopic (exact) mass is 359 g/mol. The van der Waals surface area contributed by atoms with E-state index in [1.807, 2.05) is 24.8 Å². The van der Waals surface area contributed by atoms with Gasteiger partial charge in [0.25, 0.3) is 0 Å². The summed E-state index contributed by atoms with van der Waals surface area (Å²) in [5.41, 5.74) is 0.352. The van der Waals surface area contributed by atoms with E-state index in [0.717, 1.165) is 12.8 Å². The molecule has 1 saturated heterocycles. The van der Waals surface area contributed by atoms with E-state index in [-0.39, 0.29) is 30.5 Å². The molecule has 1 aromatic carbocycles. The van der Waals surface area contributed by atoms with Gasteiger partial charge in [0.2, 0.25) is 5.91 Å². The number of amides is 1. The second kappa shape index (κ2) is 7.63. The molecule has 6 heteroatoms. The largest absolute Gasteiger partial charge is 0.372 e. The number of hydrogen-bond acceptors (Lipinski definition) is 4. The van der Waals surface area contributed by atoms with Crippen LogP contribution in [0.25, 0.3) is 0 Å². The van der Waals surface area contributed by atoms with Crippen LogP contribution in [0.2, 0.25) is 0 Å². The fourth-order valence-electron chi connectivity index (χ4n) is 4.01. The van der Waals surface area contributed by atoms with Gasteiger partial charge in [-0.2, -0.15) is 5.26 Å². The predicted molar refractivity (Wildman–Crippen MR) is 97.0 cm³/mol. The minimum atomic E-state index is -0.904. The zero-order valence-corrected chi connectivity index (χ0v) is 15.4. The molecule has 2 fully saturated rings. The first-order valence-electron chi connectivity index (χ1n) is 9.32. The van der Waals surface area contributed by atoms with Crippen LogP contribution in [0.1, 0.15) is 45.1 Å². The second-order valence-corrected chi connectivity index (χ2v) is 7.53. The standard InChI is InChI=1S/C20H26FN3O2/c1-14-11-24(12-15(2)26-14)18-6-5-16(9-17(18)21)10-23-19(25)20(13-22)7-3-4-8-20/h5-6,9,14-15H,3-4,7-8,10-12H2,1-2H3,(H,23,25)/t14-,15+. The lowest BCUT2D eigenvalue weighted by atomic mass is 9.87. The lowest BCUT2D eigenvalue weighted by molar-refractivity contribution is -0.128. The van der Waals surface area contributed by atoms with Gasteiger partial charge in [-0.25, -0.2) is 4.39 Å². The van der Waals surface area contributed by atoms with Gasteiger partial charge in [0, 0.05) is 19.6 Å². The highest BCUT2D eigenvalue weighted by Gasteiger charge is 2.41. The summed E-state index contributed by atoms with van der Waals surface area (Å²) in [7, 11) is 0. The minimum Gasteiger partial charge on any atom is -0.372 e. The van der Waals surface area contributed by atoms with E-state index >= 15 is 0 Å². The smallest absolute Gasteiger partial charge is 0.240 e. The fraction of sp³-hybridized carbons (Fsp3) is 0.600. The molecule has 1 saturated carbocycles. The molecule has 0 unspecified atom stereocenters. The van der Waals surface area contributed by atoms with Crippen molar-refractivity contribution in [2.75, 3.05) is 18.0 Å². The fourth-order valence-corrected chi connectivity index (χ4v) is 4.01. The molecule has 5 nitrogen and oxygen atoms in total. The molecule has 1 N–H and O–H groups in total. The van der Waals surface area contributed by atoms with E-state index in [9.17, 15) is 14.4 Å². The Bertz CT molecular complexity index is 699. The predicted octanol–water partition coefficient (Wildman–Crippen LogP) is 3.14. The number of ether oxygens (including phenoxy) is 1. The van der Waals surface area contributed by atoms with Crippen LogP contribution in [0.3, 0.4) is 0 Å². The summed E-state index contributed by atoms with van der Waals surface area (Å²) in [5.74, 6) is -0.535. The molecular formula is C20H26FN3O2. The summed E-state index contributed by atoms with van der Waals surface area (Å²) in [4.78, 5) is 14.4. The highest BCUT2D eigenvalue weighted by molar-refractivity contribution is 5.85. The van der Waals surface area contributed by atoms with E-state index in [1.165, 1.54) is 6.07 Å². The lowest BCUT2D eigenvalue weighted by Gasteiger charge is -2.37. The van der Waals surface area contributed by atoms with Gasteiger partial charge in [-0.15, -0.1) is 0 Å². The van der Waals surface area contributed by atoms with Crippen LogP contribution in [0.5, 0.6) is 0 Å². The third kappa shape index (κ3) is 3.83. The van der Waals surface area contributed by atoms with Crippen molar-refractivity contribution in [3.63, 3.8) is 0 Å². The summed E-state index contributed by atoms with van der Waals surface area (Å²) >= 11 is 0. The molecule has 1 amide bonds. The van der Waals surface area contributed by atoms with Crippen LogP contribution in [0.4, 0.5) is 10.1 Å². The Morgan fingerprint density at radius 1 is 1.35 bits per heavy atom. The first-order valence-corrected chi connectivity index (χ1v) is 9.32. The molecule has 1 heterocycles. The third-order valence-electron chi connectivity index (χ3n) is 5.33. The first-order chi connectivity index (χ1) is 12.4. The van der Waals surface area contributed by atoms with Crippen LogP contribution in [0, 0.1) is 22.6 Å². The summed E-state index contributed by atoms with van der Waals surface area (Å²) in [6, 6.07) is 7.24. The van der Waals surface area contributed by atoms with E-state index in [1.54, 1.807) is 6.07 Å². The Kier molecular flexibility index (Phi) is 5.47. The number of morpholine rings is 1. The van der Waals surface area contributed by atoms with Gasteiger partial charge in [-0.1, -0.05) is 18.9 Å². The van der Waals surface area contributed by atoms with E-state index in [2.05, 4.69) is 11.4 Å². The summed E-state index contributed by atoms with van der Waals surface area (Å²) in [6.45, 7) is 5.51. The summed E-state index contributed by atoms with van der Waals surface area (Å²) in [5, 5.41) is 12.2. The molecule has 0 radical (unpaired) electrons. The molecule has 0 aromatic heterocycles. The Morgan fingerprint density at radius 3 is 2.58 bits per heavy atom. The number of nitriles is 1. The van der Waals surface area contributed by atoms with Crippen LogP contribution in [0.15, 0.2) is 18.2 Å². The molecule has 1 aliphatic heterocycles. The number of hydrogen-bond donors (Lipinski definition) is 1. The molecule has 2 aliphatic rings. The zero-order chi connectivity index (χ0) is 18.7. The highest BCUT2D eigenvalue weighted by atomic mass is 19.1. The number of carbonyl (C=O) groups excluding carboxylic acids is 1. The highest BCUT2D eigenvalue weighted by Crippen LogP contribution is 2.37. The van der Waals surface area contributed by atoms with E-state index in [4.69, 9.17) is 4.74 Å². The van der Waals surface area contributed by atoms with Crippen molar-refractivity contribution in [3.8, 4) is 6.07 Å². The Labute approximate surface area is 154 Å². The third-order valence-corrected chi connectivity index (χ3v) is 5.33. The van der Waals surface area contributed by atoms with Crippen LogP contribution in [-0.2, 0) is 16.1 Å². The lowest BCUT2D eigenvalue weighted by Crippen LogP contribution is -2.45. The van der Waals surface area contributed by atoms with Gasteiger partial charge in [0.1, 0.15) is 11.2 Å². The Morgan fingerprint density at radius 2 is 2.00 bits per heavy atom. The van der Waals surface area contributed by atoms with Crippen molar-refractivity contribution in [1.29, 1.82) is 5.26 Å². The van der Waals surface area contributed by atoms with Crippen LogP contribution < -0.4 is 10.2 Å². The number of nitrogens with zero attached hydrogens (tertiary/aromatic N) is 2. The summed E-state index contributed by atoms with van der Waals surface area (Å²) in [6.07, 6.45) is 3.14. The first kappa shape index (κ1) is 18.7. The maximum Gasteiger partial charge on any atom is 0.240 e. The molecule has 140 valence electrons. The van der Waals surface area contributed by atoms with Crippen molar-refractivity contribution in [1.82, 2.24) is 5.32 Å². The van der Waals surface area contributed by atoms with Gasteiger partial charge in [0.15, 0.2) is 0 Å². The van der Waals surface area contributed by atoms with Gasteiger partial charge in [0.05, 0.1) is 24.0 Å². The van der Waals surface area contributed by atoms with Crippen LogP contribution >= 0.6 is 0 Å². The maximum atomic E-state index is 14.6. The zero-order valence-electron chi connectivity index (χ0n) is 15.4. The molecule has 0 bridgehead atoms. The van der Waals surface area contributed by atoms with Gasteiger partial charge < -0.3 is 15.0 Å². The van der Waals surface area contributed by atoms with Gasteiger partial charge in [-0.3, -0.25) is 4.79 Å². The average Bonchev–Trinajstić information content (AvgIpc) is 3.09. The number of anilines is 1. The molecule has 1 aromatic rings. The number of nitrogens with one attached hydrogen (secondary N) is 1. The van der Waals surface area contributed by atoms with Gasteiger partial charge >= 0.3 is 0 Å². The normalized spacial score (nSPS) is 24.9. The van der Waals surface area contributed by atoms with Crippen molar-refractivity contribution in [3.05, 3.63) is 29.6 Å². The van der Waals surface area contributed by atoms with Crippen molar-refractivity contribution >= 4 is 11.6 Å². The molecule has 1 aliphatic carbocycles. The second-order valence-electron chi connectivity index (χ2n) is 7.53. The minimum absolute atomic E-state index is 0.0608. The van der Waals surface area contributed by atoms with E-state index < -0.39 is 5.41 Å². The quantitative estimate of drug-likeness (QED) is 0.897. The molecule has 3 rings (SSSR count). The van der Waals surface area contributed by atoms with Crippen LogP contribution in [-0.4, -0.2) is 31.2 Å². The molecule has 26 heavy (non-hydrogen) atoms. The molecular weight excluding hydrogens is 333 g/mol. The molecule has 2 atom stereocenters.